The van der Waals surface area contributed by atoms with Crippen molar-refractivity contribution in [3.05, 3.63) is 23.8 Å². The van der Waals surface area contributed by atoms with Crippen molar-refractivity contribution in [3.8, 4) is 0 Å². The maximum absolute atomic E-state index is 3.21. The molecule has 0 saturated heterocycles. The molecule has 0 fully saturated rings. The summed E-state index contributed by atoms with van der Waals surface area (Å²) < 4.78 is 0. The van der Waals surface area contributed by atoms with Crippen LogP contribution in [0.1, 0.15) is 19.8 Å². The molecule has 0 heterocycles. The minimum atomic E-state index is 0. The van der Waals surface area contributed by atoms with Crippen molar-refractivity contribution in [1.82, 2.24) is 0 Å². The molecule has 0 nitrogen and oxygen atoms in total. The van der Waals surface area contributed by atoms with Crippen LogP contribution in [0.4, 0.5) is 0 Å². The maximum Gasteiger partial charge on any atom is 0 e. The van der Waals surface area contributed by atoms with Crippen LogP contribution in [0.15, 0.2) is 17.7 Å². The summed E-state index contributed by atoms with van der Waals surface area (Å²) in [4.78, 5) is 0. The van der Waals surface area contributed by atoms with Gasteiger partial charge in [0.15, 0.2) is 0 Å². The second-order valence-electron chi connectivity index (χ2n) is 1.66. The summed E-state index contributed by atoms with van der Waals surface area (Å²) in [6, 6.07) is 0. The first kappa shape index (κ1) is 8.86. The van der Waals surface area contributed by atoms with Gasteiger partial charge in [-0.3, -0.25) is 6.08 Å². The van der Waals surface area contributed by atoms with Gasteiger partial charge in [-0.25, -0.2) is 11.6 Å². The molecule has 0 radical (unpaired) electrons. The molecule has 0 aromatic rings. The number of rotatable bonds is 1. The van der Waals surface area contributed by atoms with Crippen molar-refractivity contribution < 1.29 is 41.7 Å². The van der Waals surface area contributed by atoms with E-state index in [0.717, 1.165) is 12.8 Å². The SMILES string of the molecule is CCC1=[C-]CC=C1.[Ce]. The van der Waals surface area contributed by atoms with Gasteiger partial charge >= 0.3 is 0 Å². The van der Waals surface area contributed by atoms with E-state index in [1.54, 1.807) is 0 Å². The van der Waals surface area contributed by atoms with Gasteiger partial charge in [-0.15, -0.1) is 6.42 Å². The summed E-state index contributed by atoms with van der Waals surface area (Å²) in [7, 11) is 0. The Morgan fingerprint density at radius 1 is 1.75 bits per heavy atom. The second-order valence-corrected chi connectivity index (χ2v) is 1.66. The van der Waals surface area contributed by atoms with Crippen LogP contribution in [0, 0.1) is 47.8 Å². The Morgan fingerprint density at radius 2 is 2.50 bits per heavy atom. The van der Waals surface area contributed by atoms with Crippen LogP contribution in [-0.2, 0) is 0 Å². The van der Waals surface area contributed by atoms with Gasteiger partial charge in [0.25, 0.3) is 0 Å². The third-order valence-electron chi connectivity index (χ3n) is 1.15. The molecular formula is C7H9Ce-. The molecule has 0 saturated carbocycles. The third kappa shape index (κ3) is 2.42. The van der Waals surface area contributed by atoms with Crippen molar-refractivity contribution in [2.24, 2.45) is 0 Å². The molecule has 0 amide bonds. The molecule has 1 rings (SSSR count). The van der Waals surface area contributed by atoms with Gasteiger partial charge in [0, 0.05) is 41.7 Å². The Balaban J connectivity index is 0.000000490. The van der Waals surface area contributed by atoms with Crippen LogP contribution in [0.2, 0.25) is 0 Å². The molecule has 42 valence electrons. The zero-order valence-electron chi connectivity index (χ0n) is 5.07. The Kier molecular flexibility index (Phi) is 5.21. The van der Waals surface area contributed by atoms with Crippen molar-refractivity contribution in [3.63, 3.8) is 0 Å². The molecule has 0 unspecified atom stereocenters. The van der Waals surface area contributed by atoms with E-state index in [0.29, 0.717) is 0 Å². The Labute approximate surface area is 84.4 Å². The van der Waals surface area contributed by atoms with Gasteiger partial charge < -0.3 is 0 Å². The summed E-state index contributed by atoms with van der Waals surface area (Å²) in [5.74, 6) is 0. The molecule has 0 bridgehead atoms. The predicted molar refractivity (Wildman–Crippen MR) is 30.8 cm³/mol. The van der Waals surface area contributed by atoms with Crippen LogP contribution in [-0.4, -0.2) is 0 Å². The Hall–Kier alpha value is 0.857. The zero-order valence-corrected chi connectivity index (χ0v) is 8.21. The zero-order chi connectivity index (χ0) is 5.11. The number of allylic oxidation sites excluding steroid dienone is 4. The quantitative estimate of drug-likeness (QED) is 0.608. The number of hydrogen-bond acceptors (Lipinski definition) is 0. The van der Waals surface area contributed by atoms with Crippen LogP contribution >= 0.6 is 0 Å². The molecule has 8 heavy (non-hydrogen) atoms. The summed E-state index contributed by atoms with van der Waals surface area (Å²) >= 11 is 0. The van der Waals surface area contributed by atoms with E-state index < -0.39 is 0 Å². The minimum absolute atomic E-state index is 0. The molecule has 0 spiro atoms. The standard InChI is InChI=1S/C7H9.Ce/c1-2-7-5-3-4-6-7;/h3,5H,2,4H2,1H3;/q-1;. The van der Waals surface area contributed by atoms with Gasteiger partial charge in [-0.2, -0.15) is 6.08 Å². The fourth-order valence-electron chi connectivity index (χ4n) is 0.693. The van der Waals surface area contributed by atoms with E-state index in [4.69, 9.17) is 0 Å². The molecule has 0 atom stereocenters. The van der Waals surface area contributed by atoms with Gasteiger partial charge in [-0.1, -0.05) is 13.3 Å². The van der Waals surface area contributed by atoms with Crippen molar-refractivity contribution >= 4 is 0 Å². The maximum atomic E-state index is 3.21. The number of hydrogen-bond donors (Lipinski definition) is 0. The fourth-order valence-corrected chi connectivity index (χ4v) is 0.693. The van der Waals surface area contributed by atoms with Gasteiger partial charge in [0.1, 0.15) is 0 Å². The van der Waals surface area contributed by atoms with Gasteiger partial charge in [-0.05, 0) is 0 Å². The van der Waals surface area contributed by atoms with E-state index in [-0.39, 0.29) is 41.7 Å². The van der Waals surface area contributed by atoms with E-state index in [9.17, 15) is 0 Å². The molecular weight excluding hydrogens is 224 g/mol. The third-order valence-corrected chi connectivity index (χ3v) is 1.15. The Morgan fingerprint density at radius 3 is 2.75 bits per heavy atom. The molecule has 0 aromatic heterocycles. The fraction of sp³-hybridized carbons (Fsp3) is 0.429. The summed E-state index contributed by atoms with van der Waals surface area (Å²) in [5.41, 5.74) is 1.36. The Bertz CT molecular complexity index is 112. The monoisotopic (exact) mass is 233 g/mol. The van der Waals surface area contributed by atoms with Crippen LogP contribution in [0.3, 0.4) is 0 Å². The first-order chi connectivity index (χ1) is 3.43. The van der Waals surface area contributed by atoms with E-state index in [2.05, 4.69) is 25.2 Å². The smallest absolute Gasteiger partial charge is 0 e. The largest absolute Gasteiger partial charge is 0.270 e. The second kappa shape index (κ2) is 4.71. The molecule has 0 aliphatic heterocycles. The minimum Gasteiger partial charge on any atom is -0.270 e. The van der Waals surface area contributed by atoms with Crippen LogP contribution < -0.4 is 0 Å². The first-order valence-electron chi connectivity index (χ1n) is 2.69. The van der Waals surface area contributed by atoms with Crippen molar-refractivity contribution in [2.75, 3.05) is 0 Å². The van der Waals surface area contributed by atoms with Gasteiger partial charge in [0.2, 0.25) is 0 Å². The average Bonchev–Trinajstić information content (AvgIpc) is 2.14. The molecule has 1 heteroatoms. The van der Waals surface area contributed by atoms with Crippen LogP contribution in [0.5, 0.6) is 0 Å². The predicted octanol–water partition coefficient (Wildman–Crippen LogP) is 2.09. The van der Waals surface area contributed by atoms with E-state index in [1.807, 2.05) is 0 Å². The van der Waals surface area contributed by atoms with Crippen LogP contribution in [0.25, 0.3) is 0 Å². The average molecular weight is 233 g/mol. The van der Waals surface area contributed by atoms with Gasteiger partial charge in [0.05, 0.1) is 0 Å². The van der Waals surface area contributed by atoms with Crippen molar-refractivity contribution in [2.45, 2.75) is 19.8 Å². The van der Waals surface area contributed by atoms with Crippen molar-refractivity contribution in [1.29, 1.82) is 0 Å². The normalized spacial score (nSPS) is 15.4. The molecule has 1 aliphatic rings. The summed E-state index contributed by atoms with van der Waals surface area (Å²) in [6.07, 6.45) is 9.65. The summed E-state index contributed by atoms with van der Waals surface area (Å²) in [5, 5.41) is 0. The first-order valence-corrected chi connectivity index (χ1v) is 2.69. The van der Waals surface area contributed by atoms with E-state index in [1.165, 1.54) is 5.57 Å². The molecule has 0 aromatic carbocycles. The van der Waals surface area contributed by atoms with E-state index >= 15 is 0 Å². The molecule has 1 aliphatic carbocycles. The topological polar surface area (TPSA) is 0 Å². The summed E-state index contributed by atoms with van der Waals surface area (Å²) in [6.45, 7) is 2.15. The molecule has 0 N–H and O–H groups in total.